The summed E-state index contributed by atoms with van der Waals surface area (Å²) in [5, 5.41) is 0. The first-order valence-corrected chi connectivity index (χ1v) is 6.95. The van der Waals surface area contributed by atoms with Gasteiger partial charge >= 0.3 is 0 Å². The van der Waals surface area contributed by atoms with Gasteiger partial charge in [-0.05, 0) is 34.7 Å². The van der Waals surface area contributed by atoms with Crippen LogP contribution in [0.15, 0.2) is 18.3 Å². The van der Waals surface area contributed by atoms with Crippen LogP contribution in [-0.4, -0.2) is 56.3 Å². The zero-order chi connectivity index (χ0) is 12.1. The smallest absolute Gasteiger partial charge is 0.128 e. The normalized spacial score (nSPS) is 17.4. The second-order valence-electron chi connectivity index (χ2n) is 4.16. The van der Waals surface area contributed by atoms with Crippen LogP contribution in [0.2, 0.25) is 0 Å². The monoisotopic (exact) mass is 347 g/mol. The molecule has 94 valence electrons. The molecule has 5 heteroatoms. The lowest BCUT2D eigenvalue weighted by Crippen LogP contribution is -2.47. The molecule has 1 aromatic rings. The molecule has 0 aliphatic carbocycles. The molecule has 0 amide bonds. The Hall–Kier alpha value is -0.400. The molecule has 0 spiro atoms. The first-order valence-electron chi connectivity index (χ1n) is 5.87. The van der Waals surface area contributed by atoms with Gasteiger partial charge in [0.05, 0.1) is 6.61 Å². The van der Waals surface area contributed by atoms with E-state index in [0.29, 0.717) is 0 Å². The minimum Gasteiger partial charge on any atom is -0.383 e. The number of hydrogen-bond acceptors (Lipinski definition) is 4. The minimum atomic E-state index is 0.821. The van der Waals surface area contributed by atoms with E-state index < -0.39 is 0 Å². The lowest BCUT2D eigenvalue weighted by Gasteiger charge is -2.35. The van der Waals surface area contributed by atoms with Crippen molar-refractivity contribution in [3.63, 3.8) is 0 Å². The molecule has 0 radical (unpaired) electrons. The first-order chi connectivity index (χ1) is 8.29. The van der Waals surface area contributed by atoms with Gasteiger partial charge in [0.2, 0.25) is 0 Å². The van der Waals surface area contributed by atoms with E-state index >= 15 is 0 Å². The zero-order valence-electron chi connectivity index (χ0n) is 10.1. The summed E-state index contributed by atoms with van der Waals surface area (Å²) in [7, 11) is 1.76. The van der Waals surface area contributed by atoms with E-state index in [0.717, 1.165) is 45.1 Å². The molecule has 4 nitrogen and oxygen atoms in total. The first kappa shape index (κ1) is 13.0. The molecule has 0 unspecified atom stereocenters. The SMILES string of the molecule is COCCN1CCN(c2ccc(I)cn2)CC1. The maximum atomic E-state index is 5.10. The molecule has 1 saturated heterocycles. The van der Waals surface area contributed by atoms with Crippen LogP contribution in [0.25, 0.3) is 0 Å². The lowest BCUT2D eigenvalue weighted by atomic mass is 10.3. The van der Waals surface area contributed by atoms with Crippen molar-refractivity contribution in [1.82, 2.24) is 9.88 Å². The molecule has 2 rings (SSSR count). The van der Waals surface area contributed by atoms with E-state index in [1.54, 1.807) is 7.11 Å². The molecule has 1 fully saturated rings. The van der Waals surface area contributed by atoms with Gasteiger partial charge in [-0.25, -0.2) is 4.98 Å². The predicted octanol–water partition coefficient (Wildman–Crippen LogP) is 1.45. The third-order valence-electron chi connectivity index (χ3n) is 3.02. The van der Waals surface area contributed by atoms with Gasteiger partial charge in [-0.2, -0.15) is 0 Å². The van der Waals surface area contributed by atoms with E-state index in [4.69, 9.17) is 4.74 Å². The van der Waals surface area contributed by atoms with Crippen LogP contribution < -0.4 is 4.90 Å². The third kappa shape index (κ3) is 3.79. The summed E-state index contributed by atoms with van der Waals surface area (Å²) in [6.45, 7) is 6.15. The number of nitrogens with zero attached hydrogens (tertiary/aromatic N) is 3. The number of halogens is 1. The Balaban J connectivity index is 1.84. The van der Waals surface area contributed by atoms with Gasteiger partial charge in [0.15, 0.2) is 0 Å². The van der Waals surface area contributed by atoms with Crippen molar-refractivity contribution in [3.05, 3.63) is 21.9 Å². The Bertz CT molecular complexity index is 336. The van der Waals surface area contributed by atoms with E-state index in [-0.39, 0.29) is 0 Å². The average molecular weight is 347 g/mol. The van der Waals surface area contributed by atoms with Crippen molar-refractivity contribution in [2.75, 3.05) is 51.3 Å². The highest BCUT2D eigenvalue weighted by molar-refractivity contribution is 14.1. The summed E-state index contributed by atoms with van der Waals surface area (Å²) in [6.07, 6.45) is 1.92. The van der Waals surface area contributed by atoms with Gasteiger partial charge in [0.1, 0.15) is 5.82 Å². The Labute approximate surface area is 116 Å². The molecule has 17 heavy (non-hydrogen) atoms. The topological polar surface area (TPSA) is 28.6 Å². The highest BCUT2D eigenvalue weighted by Crippen LogP contribution is 2.14. The lowest BCUT2D eigenvalue weighted by molar-refractivity contribution is 0.144. The maximum Gasteiger partial charge on any atom is 0.128 e. The van der Waals surface area contributed by atoms with E-state index in [1.165, 1.54) is 3.57 Å². The fourth-order valence-corrected chi connectivity index (χ4v) is 2.30. The van der Waals surface area contributed by atoms with E-state index in [9.17, 15) is 0 Å². The Morgan fingerprint density at radius 1 is 1.29 bits per heavy atom. The fourth-order valence-electron chi connectivity index (χ4n) is 1.98. The van der Waals surface area contributed by atoms with Crippen LogP contribution in [0, 0.1) is 3.57 Å². The summed E-state index contributed by atoms with van der Waals surface area (Å²) < 4.78 is 6.29. The van der Waals surface area contributed by atoms with Crippen LogP contribution in [-0.2, 0) is 4.74 Å². The second-order valence-corrected chi connectivity index (χ2v) is 5.40. The third-order valence-corrected chi connectivity index (χ3v) is 3.66. The molecule has 2 heterocycles. The number of hydrogen-bond donors (Lipinski definition) is 0. The number of aromatic nitrogens is 1. The van der Waals surface area contributed by atoms with E-state index in [2.05, 4.69) is 49.5 Å². The molecule has 0 aromatic carbocycles. The van der Waals surface area contributed by atoms with Crippen molar-refractivity contribution in [3.8, 4) is 0 Å². The quantitative estimate of drug-likeness (QED) is 0.771. The summed E-state index contributed by atoms with van der Waals surface area (Å²) in [6, 6.07) is 4.22. The largest absolute Gasteiger partial charge is 0.383 e. The fraction of sp³-hybridized carbons (Fsp3) is 0.583. The molecule has 1 aromatic heterocycles. The number of rotatable bonds is 4. The second kappa shape index (κ2) is 6.51. The minimum absolute atomic E-state index is 0.821. The van der Waals surface area contributed by atoms with Gasteiger partial charge in [0.25, 0.3) is 0 Å². The van der Waals surface area contributed by atoms with Crippen molar-refractivity contribution < 1.29 is 4.74 Å². The summed E-state index contributed by atoms with van der Waals surface area (Å²) in [5.41, 5.74) is 0. The molecule has 0 bridgehead atoms. The van der Waals surface area contributed by atoms with Crippen molar-refractivity contribution in [2.24, 2.45) is 0 Å². The van der Waals surface area contributed by atoms with Crippen LogP contribution >= 0.6 is 22.6 Å². The molecule has 0 atom stereocenters. The average Bonchev–Trinajstić information content (AvgIpc) is 2.38. The van der Waals surface area contributed by atoms with Gasteiger partial charge in [-0.1, -0.05) is 0 Å². The zero-order valence-corrected chi connectivity index (χ0v) is 12.3. The molecule has 0 saturated carbocycles. The number of ether oxygens (including phenoxy) is 1. The molecular weight excluding hydrogens is 329 g/mol. The van der Waals surface area contributed by atoms with Gasteiger partial charge < -0.3 is 9.64 Å². The maximum absolute atomic E-state index is 5.10. The summed E-state index contributed by atoms with van der Waals surface area (Å²) >= 11 is 2.28. The van der Waals surface area contributed by atoms with Gasteiger partial charge in [0, 0.05) is 49.6 Å². The molecule has 1 aliphatic heterocycles. The van der Waals surface area contributed by atoms with Crippen molar-refractivity contribution in [1.29, 1.82) is 0 Å². The van der Waals surface area contributed by atoms with Crippen molar-refractivity contribution >= 4 is 28.4 Å². The molecule has 0 N–H and O–H groups in total. The summed E-state index contributed by atoms with van der Waals surface area (Å²) in [5.74, 6) is 1.09. The predicted molar refractivity (Wildman–Crippen MR) is 77.5 cm³/mol. The molecule has 1 aliphatic rings. The Morgan fingerprint density at radius 2 is 2.06 bits per heavy atom. The molecular formula is C12H18IN3O. The van der Waals surface area contributed by atoms with Crippen LogP contribution in [0.3, 0.4) is 0 Å². The van der Waals surface area contributed by atoms with Gasteiger partial charge in [-0.15, -0.1) is 0 Å². The number of anilines is 1. The van der Waals surface area contributed by atoms with Crippen LogP contribution in [0.1, 0.15) is 0 Å². The standard InChI is InChI=1S/C12H18IN3O/c1-17-9-8-15-4-6-16(7-5-15)12-3-2-11(13)10-14-12/h2-3,10H,4-9H2,1H3. The Kier molecular flexibility index (Phi) is 4.99. The van der Waals surface area contributed by atoms with Gasteiger partial charge in [-0.3, -0.25) is 4.90 Å². The van der Waals surface area contributed by atoms with Crippen molar-refractivity contribution in [2.45, 2.75) is 0 Å². The number of pyridine rings is 1. The highest BCUT2D eigenvalue weighted by atomic mass is 127. The Morgan fingerprint density at radius 3 is 2.65 bits per heavy atom. The summed E-state index contributed by atoms with van der Waals surface area (Å²) in [4.78, 5) is 9.25. The van der Waals surface area contributed by atoms with Crippen LogP contribution in [0.5, 0.6) is 0 Å². The van der Waals surface area contributed by atoms with E-state index in [1.807, 2.05) is 6.20 Å². The number of piperazine rings is 1. The highest BCUT2D eigenvalue weighted by Gasteiger charge is 2.17. The number of methoxy groups -OCH3 is 1. The van der Waals surface area contributed by atoms with Crippen LogP contribution in [0.4, 0.5) is 5.82 Å².